The zero-order valence-electron chi connectivity index (χ0n) is 6.83. The molecule has 0 spiro atoms. The summed E-state index contributed by atoms with van der Waals surface area (Å²) in [6.07, 6.45) is 0. The Morgan fingerprint density at radius 1 is 1.54 bits per heavy atom. The molecule has 0 atom stereocenters. The standard InChI is InChI=1S/C9H8ClNO2/c10-8-1-2-9(13-4-3-11)7(5-8)6-12/h1-2,5,12H,4,6H2. The van der Waals surface area contributed by atoms with Gasteiger partial charge in [-0.25, -0.2) is 0 Å². The molecule has 13 heavy (non-hydrogen) atoms. The van der Waals surface area contributed by atoms with Crippen molar-refractivity contribution in [3.05, 3.63) is 28.8 Å². The lowest BCUT2D eigenvalue weighted by Crippen LogP contribution is -1.97. The van der Waals surface area contributed by atoms with E-state index in [-0.39, 0.29) is 13.2 Å². The second-order valence-corrected chi connectivity index (χ2v) is 2.79. The Kier molecular flexibility index (Phi) is 3.56. The zero-order valence-corrected chi connectivity index (χ0v) is 7.58. The topological polar surface area (TPSA) is 53.2 Å². The van der Waals surface area contributed by atoms with Crippen molar-refractivity contribution in [1.29, 1.82) is 5.26 Å². The van der Waals surface area contributed by atoms with Crippen LogP contribution in [-0.2, 0) is 6.61 Å². The van der Waals surface area contributed by atoms with Gasteiger partial charge in [-0.2, -0.15) is 5.26 Å². The number of benzene rings is 1. The van der Waals surface area contributed by atoms with Crippen LogP contribution in [0, 0.1) is 11.3 Å². The number of hydrogen-bond acceptors (Lipinski definition) is 3. The number of halogens is 1. The molecule has 0 unspecified atom stereocenters. The summed E-state index contributed by atoms with van der Waals surface area (Å²) >= 11 is 5.70. The van der Waals surface area contributed by atoms with Crippen LogP contribution in [0.5, 0.6) is 5.75 Å². The molecule has 0 saturated heterocycles. The third kappa shape index (κ3) is 2.62. The molecule has 0 amide bonds. The Morgan fingerprint density at radius 2 is 2.31 bits per heavy atom. The first-order valence-corrected chi connectivity index (χ1v) is 4.04. The van der Waals surface area contributed by atoms with Gasteiger partial charge in [-0.3, -0.25) is 0 Å². The van der Waals surface area contributed by atoms with Gasteiger partial charge in [0.2, 0.25) is 0 Å². The highest BCUT2D eigenvalue weighted by Crippen LogP contribution is 2.22. The molecule has 4 heteroatoms. The van der Waals surface area contributed by atoms with Crippen LogP contribution in [0.1, 0.15) is 5.56 Å². The van der Waals surface area contributed by atoms with Gasteiger partial charge >= 0.3 is 0 Å². The number of rotatable bonds is 3. The molecule has 1 aromatic rings. The number of hydrogen-bond donors (Lipinski definition) is 1. The summed E-state index contributed by atoms with van der Waals surface area (Å²) in [6, 6.07) is 6.73. The summed E-state index contributed by atoms with van der Waals surface area (Å²) in [6.45, 7) is -0.185. The van der Waals surface area contributed by atoms with Gasteiger partial charge in [0.1, 0.15) is 11.8 Å². The van der Waals surface area contributed by atoms with Crippen molar-refractivity contribution in [3.8, 4) is 11.8 Å². The highest BCUT2D eigenvalue weighted by molar-refractivity contribution is 6.30. The van der Waals surface area contributed by atoms with E-state index in [0.717, 1.165) is 0 Å². The van der Waals surface area contributed by atoms with Gasteiger partial charge in [-0.15, -0.1) is 0 Å². The second-order valence-electron chi connectivity index (χ2n) is 2.36. The predicted octanol–water partition coefficient (Wildman–Crippen LogP) is 1.73. The number of ether oxygens (including phenoxy) is 1. The van der Waals surface area contributed by atoms with Crippen LogP contribution in [0.3, 0.4) is 0 Å². The molecular formula is C9H8ClNO2. The van der Waals surface area contributed by atoms with Crippen molar-refractivity contribution in [1.82, 2.24) is 0 Å². The first kappa shape index (κ1) is 9.85. The molecule has 68 valence electrons. The number of aliphatic hydroxyl groups is 1. The molecule has 0 bridgehead atoms. The summed E-state index contributed by atoms with van der Waals surface area (Å²) in [5.41, 5.74) is 0.586. The summed E-state index contributed by atoms with van der Waals surface area (Å²) in [4.78, 5) is 0. The smallest absolute Gasteiger partial charge is 0.174 e. The van der Waals surface area contributed by atoms with E-state index in [4.69, 9.17) is 26.7 Å². The molecule has 0 aliphatic heterocycles. The third-order valence-electron chi connectivity index (χ3n) is 1.49. The molecule has 0 heterocycles. The fraction of sp³-hybridized carbons (Fsp3) is 0.222. The maximum absolute atomic E-state index is 8.92. The van der Waals surface area contributed by atoms with Crippen LogP contribution >= 0.6 is 11.6 Å². The summed E-state index contributed by atoms with van der Waals surface area (Å²) in [7, 11) is 0. The molecule has 3 nitrogen and oxygen atoms in total. The third-order valence-corrected chi connectivity index (χ3v) is 1.72. The van der Waals surface area contributed by atoms with Crippen molar-refractivity contribution in [2.75, 3.05) is 6.61 Å². The largest absolute Gasteiger partial charge is 0.478 e. The Balaban J connectivity index is 2.87. The average Bonchev–Trinajstić information content (AvgIpc) is 2.16. The van der Waals surface area contributed by atoms with Gasteiger partial charge in [0.25, 0.3) is 0 Å². The van der Waals surface area contributed by atoms with Crippen LogP contribution in [0.4, 0.5) is 0 Å². The van der Waals surface area contributed by atoms with Crippen LogP contribution in [0.15, 0.2) is 18.2 Å². The number of nitriles is 1. The number of aliphatic hydroxyl groups excluding tert-OH is 1. The lowest BCUT2D eigenvalue weighted by atomic mass is 10.2. The van der Waals surface area contributed by atoms with Crippen molar-refractivity contribution in [2.45, 2.75) is 6.61 Å². The average molecular weight is 198 g/mol. The molecule has 1 N–H and O–H groups in total. The molecular weight excluding hydrogens is 190 g/mol. The Hall–Kier alpha value is -1.24. The van der Waals surface area contributed by atoms with Gasteiger partial charge in [-0.1, -0.05) is 11.6 Å². The van der Waals surface area contributed by atoms with E-state index in [1.54, 1.807) is 18.2 Å². The van der Waals surface area contributed by atoms with Gasteiger partial charge < -0.3 is 9.84 Å². The lowest BCUT2D eigenvalue weighted by molar-refractivity contribution is 0.270. The monoisotopic (exact) mass is 197 g/mol. The SMILES string of the molecule is N#CCOc1ccc(Cl)cc1CO. The molecule has 0 aliphatic rings. The molecule has 0 fully saturated rings. The lowest BCUT2D eigenvalue weighted by Gasteiger charge is -2.06. The van der Waals surface area contributed by atoms with Crippen LogP contribution in [0.25, 0.3) is 0 Å². The minimum absolute atomic E-state index is 0.0331. The number of nitrogens with zero attached hydrogens (tertiary/aromatic N) is 1. The zero-order chi connectivity index (χ0) is 9.68. The normalized spacial score (nSPS) is 9.31. The van der Waals surface area contributed by atoms with Crippen molar-refractivity contribution >= 4 is 11.6 Å². The molecule has 1 aromatic carbocycles. The van der Waals surface area contributed by atoms with Gasteiger partial charge in [0, 0.05) is 10.6 Å². The first-order valence-electron chi connectivity index (χ1n) is 3.67. The Morgan fingerprint density at radius 3 is 2.92 bits per heavy atom. The highest BCUT2D eigenvalue weighted by Gasteiger charge is 2.02. The second kappa shape index (κ2) is 4.70. The Labute approximate surface area is 81.1 Å². The van der Waals surface area contributed by atoms with Crippen molar-refractivity contribution in [3.63, 3.8) is 0 Å². The fourth-order valence-corrected chi connectivity index (χ4v) is 1.12. The quantitative estimate of drug-likeness (QED) is 0.803. The van der Waals surface area contributed by atoms with Gasteiger partial charge in [0.15, 0.2) is 6.61 Å². The Bertz CT molecular complexity index is 333. The van der Waals surface area contributed by atoms with Crippen LogP contribution < -0.4 is 4.74 Å². The van der Waals surface area contributed by atoms with Crippen LogP contribution in [0.2, 0.25) is 5.02 Å². The summed E-state index contributed by atoms with van der Waals surface area (Å²) < 4.78 is 5.05. The van der Waals surface area contributed by atoms with E-state index in [2.05, 4.69) is 0 Å². The summed E-state index contributed by atoms with van der Waals surface area (Å²) in [5, 5.41) is 17.7. The van der Waals surface area contributed by atoms with E-state index >= 15 is 0 Å². The maximum atomic E-state index is 8.92. The predicted molar refractivity (Wildman–Crippen MR) is 48.5 cm³/mol. The molecule has 1 rings (SSSR count). The molecule has 0 aliphatic carbocycles. The van der Waals surface area contributed by atoms with E-state index in [9.17, 15) is 0 Å². The van der Waals surface area contributed by atoms with E-state index < -0.39 is 0 Å². The van der Waals surface area contributed by atoms with Gasteiger partial charge in [0.05, 0.1) is 6.61 Å². The van der Waals surface area contributed by atoms with Crippen molar-refractivity contribution in [2.24, 2.45) is 0 Å². The van der Waals surface area contributed by atoms with E-state index in [0.29, 0.717) is 16.3 Å². The fourth-order valence-electron chi connectivity index (χ4n) is 0.922. The molecule has 0 radical (unpaired) electrons. The van der Waals surface area contributed by atoms with E-state index in [1.165, 1.54) is 0 Å². The summed E-state index contributed by atoms with van der Waals surface area (Å²) in [5.74, 6) is 0.494. The van der Waals surface area contributed by atoms with E-state index in [1.807, 2.05) is 6.07 Å². The molecule has 0 aromatic heterocycles. The maximum Gasteiger partial charge on any atom is 0.174 e. The molecule has 0 saturated carbocycles. The van der Waals surface area contributed by atoms with Crippen molar-refractivity contribution < 1.29 is 9.84 Å². The highest BCUT2D eigenvalue weighted by atomic mass is 35.5. The van der Waals surface area contributed by atoms with Gasteiger partial charge in [-0.05, 0) is 18.2 Å². The van der Waals surface area contributed by atoms with Crippen LogP contribution in [-0.4, -0.2) is 11.7 Å². The minimum atomic E-state index is -0.151. The first-order chi connectivity index (χ1) is 6.27. The minimum Gasteiger partial charge on any atom is -0.478 e.